The summed E-state index contributed by atoms with van der Waals surface area (Å²) < 4.78 is 23.4. The molecule has 9 nitrogen and oxygen atoms in total. The molecular formula is C27H24N3O6P. The predicted molar refractivity (Wildman–Crippen MR) is 141 cm³/mol. The Morgan fingerprint density at radius 2 is 1.81 bits per heavy atom. The van der Waals surface area contributed by atoms with Gasteiger partial charge in [-0.25, -0.2) is 9.56 Å². The normalized spacial score (nSPS) is 14.7. The van der Waals surface area contributed by atoms with Gasteiger partial charge in [-0.2, -0.15) is 0 Å². The van der Waals surface area contributed by atoms with Crippen LogP contribution in [0, 0.1) is 13.8 Å². The molecule has 0 amide bonds. The van der Waals surface area contributed by atoms with E-state index in [9.17, 15) is 19.1 Å². The third kappa shape index (κ3) is 4.80. The maximum Gasteiger partial charge on any atom is 0.524 e. The summed E-state index contributed by atoms with van der Waals surface area (Å²) in [5, 5.41) is 0.794. The number of phosphoric ester groups is 1. The SMILES string of the molecule is COC1=CC(c2cc3ccccc3n2C(=O)c2ccccc2OP(=O)(O)O)=N/C1=C/c1[nH]c(C)cc1C. The van der Waals surface area contributed by atoms with Crippen molar-refractivity contribution in [2.75, 3.05) is 7.11 Å². The molecule has 4 aromatic rings. The number of ether oxygens (including phenoxy) is 1. The van der Waals surface area contributed by atoms with E-state index in [0.29, 0.717) is 28.4 Å². The Kier molecular flexibility index (Phi) is 6.21. The van der Waals surface area contributed by atoms with Gasteiger partial charge in [-0.15, -0.1) is 0 Å². The number of fused-ring (bicyclic) bond motifs is 1. The molecule has 0 spiro atoms. The lowest BCUT2D eigenvalue weighted by molar-refractivity contribution is 0.0962. The van der Waals surface area contributed by atoms with Crippen molar-refractivity contribution >= 4 is 36.4 Å². The summed E-state index contributed by atoms with van der Waals surface area (Å²) in [6.45, 7) is 3.98. The van der Waals surface area contributed by atoms with E-state index < -0.39 is 13.7 Å². The molecule has 188 valence electrons. The third-order valence-electron chi connectivity index (χ3n) is 5.96. The van der Waals surface area contributed by atoms with Crippen molar-refractivity contribution < 1.29 is 28.4 Å². The van der Waals surface area contributed by atoms with Crippen LogP contribution in [0.1, 0.15) is 33.0 Å². The Morgan fingerprint density at radius 1 is 1.08 bits per heavy atom. The molecule has 2 aromatic carbocycles. The van der Waals surface area contributed by atoms with E-state index in [0.717, 1.165) is 22.3 Å². The number of methoxy groups -OCH3 is 1. The highest BCUT2D eigenvalue weighted by Crippen LogP contribution is 2.39. The summed E-state index contributed by atoms with van der Waals surface area (Å²) >= 11 is 0. The Morgan fingerprint density at radius 3 is 2.51 bits per heavy atom. The molecule has 0 bridgehead atoms. The molecule has 3 N–H and O–H groups in total. The van der Waals surface area contributed by atoms with E-state index in [1.807, 2.05) is 50.3 Å². The molecule has 1 aliphatic heterocycles. The van der Waals surface area contributed by atoms with E-state index >= 15 is 0 Å². The number of aryl methyl sites for hydroxylation is 2. The van der Waals surface area contributed by atoms with Gasteiger partial charge in [0, 0.05) is 22.9 Å². The van der Waals surface area contributed by atoms with Gasteiger partial charge in [0.15, 0.2) is 0 Å². The fourth-order valence-corrected chi connectivity index (χ4v) is 4.80. The van der Waals surface area contributed by atoms with Gasteiger partial charge in [-0.3, -0.25) is 19.1 Å². The molecule has 0 atom stereocenters. The Hall–Kier alpha value is -4.17. The Balaban J connectivity index is 1.67. The lowest BCUT2D eigenvalue weighted by Crippen LogP contribution is -2.18. The smallest absolute Gasteiger partial charge is 0.494 e. The number of aliphatic imine (C=N–C) groups is 1. The molecule has 0 saturated heterocycles. The number of para-hydroxylation sites is 2. The number of H-pyrrole nitrogens is 1. The van der Waals surface area contributed by atoms with Crippen molar-refractivity contribution in [3.05, 3.63) is 106 Å². The van der Waals surface area contributed by atoms with Crippen LogP contribution in [0.25, 0.3) is 17.0 Å². The van der Waals surface area contributed by atoms with E-state index in [1.54, 1.807) is 25.3 Å². The average molecular weight is 517 g/mol. The summed E-state index contributed by atoms with van der Waals surface area (Å²) in [6.07, 6.45) is 3.65. The third-order valence-corrected chi connectivity index (χ3v) is 6.40. The number of benzene rings is 2. The summed E-state index contributed by atoms with van der Waals surface area (Å²) in [7, 11) is -3.33. The van der Waals surface area contributed by atoms with Crippen LogP contribution in [0.3, 0.4) is 0 Å². The first-order valence-corrected chi connectivity index (χ1v) is 12.9. The summed E-state index contributed by atoms with van der Waals surface area (Å²) in [4.78, 5) is 40.7. The molecule has 0 radical (unpaired) electrons. The molecule has 37 heavy (non-hydrogen) atoms. The van der Waals surface area contributed by atoms with E-state index in [-0.39, 0.29) is 11.3 Å². The van der Waals surface area contributed by atoms with E-state index in [2.05, 4.69) is 4.98 Å². The molecule has 3 heterocycles. The minimum absolute atomic E-state index is 0.00350. The minimum atomic E-state index is -4.89. The summed E-state index contributed by atoms with van der Waals surface area (Å²) in [5.74, 6) is -0.205. The number of hydrogen-bond donors (Lipinski definition) is 3. The van der Waals surface area contributed by atoms with E-state index in [1.165, 1.54) is 22.8 Å². The molecule has 5 rings (SSSR count). The number of hydrogen-bond acceptors (Lipinski definition) is 5. The molecule has 2 aromatic heterocycles. The molecule has 0 saturated carbocycles. The first kappa shape index (κ1) is 24.5. The van der Waals surface area contributed by atoms with Crippen molar-refractivity contribution in [1.29, 1.82) is 0 Å². The highest BCUT2D eigenvalue weighted by Gasteiger charge is 2.27. The lowest BCUT2D eigenvalue weighted by atomic mass is 10.1. The molecule has 1 aliphatic rings. The number of nitrogens with one attached hydrogen (secondary N) is 1. The van der Waals surface area contributed by atoms with Crippen molar-refractivity contribution in [3.63, 3.8) is 0 Å². The fraction of sp³-hybridized carbons (Fsp3) is 0.111. The zero-order valence-corrected chi connectivity index (χ0v) is 21.2. The first-order chi connectivity index (χ1) is 17.6. The number of phosphoric acid groups is 1. The van der Waals surface area contributed by atoms with Gasteiger partial charge in [-0.1, -0.05) is 30.3 Å². The second-order valence-corrected chi connectivity index (χ2v) is 9.76. The first-order valence-electron chi connectivity index (χ1n) is 11.4. The highest BCUT2D eigenvalue weighted by atomic mass is 31.2. The largest absolute Gasteiger partial charge is 0.524 e. The number of carbonyl (C=O) groups is 1. The number of rotatable bonds is 6. The standard InChI is InChI=1S/C27H24N3O6P/c1-16-12-17(2)28-20(16)14-22-26(35-3)15-21(29-22)24-13-18-8-4-6-10-23(18)30(24)27(31)19-9-5-7-11-25(19)36-37(32,33)34/h4-15,28H,1-3H3,(H2,32,33,34)/b22-14+. The van der Waals surface area contributed by atoms with Crippen LogP contribution in [0.4, 0.5) is 0 Å². The van der Waals surface area contributed by atoms with Gasteiger partial charge >= 0.3 is 7.82 Å². The zero-order chi connectivity index (χ0) is 26.3. The van der Waals surface area contributed by atoms with Crippen molar-refractivity contribution in [3.8, 4) is 5.75 Å². The zero-order valence-electron chi connectivity index (χ0n) is 20.3. The number of allylic oxidation sites excluding steroid dienone is 1. The molecular weight excluding hydrogens is 493 g/mol. The van der Waals surface area contributed by atoms with Crippen LogP contribution >= 0.6 is 7.82 Å². The number of aromatic nitrogens is 2. The number of aromatic amines is 1. The second kappa shape index (κ2) is 9.37. The molecule has 10 heteroatoms. The van der Waals surface area contributed by atoms with Crippen molar-refractivity contribution in [2.24, 2.45) is 4.99 Å². The van der Waals surface area contributed by atoms with Gasteiger partial charge in [0.2, 0.25) is 0 Å². The molecule has 0 aliphatic carbocycles. The lowest BCUT2D eigenvalue weighted by Gasteiger charge is -2.13. The van der Waals surface area contributed by atoms with Gasteiger partial charge in [0.1, 0.15) is 17.2 Å². The number of nitrogens with zero attached hydrogens (tertiary/aromatic N) is 2. The average Bonchev–Trinajstić information content (AvgIpc) is 3.52. The highest BCUT2D eigenvalue weighted by molar-refractivity contribution is 7.46. The van der Waals surface area contributed by atoms with Crippen molar-refractivity contribution in [1.82, 2.24) is 9.55 Å². The van der Waals surface area contributed by atoms with Crippen LogP contribution < -0.4 is 4.52 Å². The summed E-state index contributed by atoms with van der Waals surface area (Å²) in [6, 6.07) is 17.2. The van der Waals surface area contributed by atoms with Gasteiger partial charge < -0.3 is 14.2 Å². The molecule has 0 fully saturated rings. The summed E-state index contributed by atoms with van der Waals surface area (Å²) in [5.41, 5.74) is 5.19. The Labute approximate surface area is 212 Å². The minimum Gasteiger partial charge on any atom is -0.494 e. The van der Waals surface area contributed by atoms with E-state index in [4.69, 9.17) is 14.3 Å². The van der Waals surface area contributed by atoms with Crippen LogP contribution in [0.15, 0.2) is 83.2 Å². The quantitative estimate of drug-likeness (QED) is 0.305. The van der Waals surface area contributed by atoms with Crippen molar-refractivity contribution in [2.45, 2.75) is 13.8 Å². The van der Waals surface area contributed by atoms with Crippen LogP contribution in [-0.4, -0.2) is 38.1 Å². The van der Waals surface area contributed by atoms with Gasteiger partial charge in [0.05, 0.1) is 29.6 Å². The topological polar surface area (TPSA) is 126 Å². The maximum absolute atomic E-state index is 13.9. The Bertz CT molecular complexity index is 1690. The van der Waals surface area contributed by atoms with Crippen LogP contribution in [-0.2, 0) is 9.30 Å². The maximum atomic E-state index is 13.9. The fourth-order valence-electron chi connectivity index (χ4n) is 4.38. The second-order valence-electron chi connectivity index (χ2n) is 8.60. The monoisotopic (exact) mass is 517 g/mol. The predicted octanol–water partition coefficient (Wildman–Crippen LogP) is 5.12. The van der Waals surface area contributed by atoms with Crippen LogP contribution in [0.5, 0.6) is 5.75 Å². The van der Waals surface area contributed by atoms with Gasteiger partial charge in [0.25, 0.3) is 5.91 Å². The molecule has 0 unspecified atom stereocenters. The van der Waals surface area contributed by atoms with Crippen LogP contribution in [0.2, 0.25) is 0 Å². The number of carbonyl (C=O) groups excluding carboxylic acids is 1. The van der Waals surface area contributed by atoms with Gasteiger partial charge in [-0.05, 0) is 55.8 Å².